The molecule has 2 aliphatic heterocycles. The fourth-order valence-corrected chi connectivity index (χ4v) is 3.36. The third-order valence-corrected chi connectivity index (χ3v) is 4.72. The van der Waals surface area contributed by atoms with Crippen LogP contribution in [0, 0.1) is 0 Å². The van der Waals surface area contributed by atoms with Gasteiger partial charge in [-0.2, -0.15) is 0 Å². The normalized spacial score (nSPS) is 15.5. The SMILES string of the molecule is CCN1C(=O)COc2ccc(C(=O)CN3C(=O)C(=O)c4ccccc43)cc21. The minimum Gasteiger partial charge on any atom is -0.482 e. The molecule has 0 aliphatic carbocycles. The van der Waals surface area contributed by atoms with Crippen molar-refractivity contribution in [3.63, 3.8) is 0 Å². The zero-order valence-corrected chi connectivity index (χ0v) is 14.6. The number of carbonyl (C=O) groups is 4. The molecule has 2 aromatic rings. The molecule has 136 valence electrons. The average molecular weight is 364 g/mol. The van der Waals surface area contributed by atoms with Gasteiger partial charge in [-0.05, 0) is 37.3 Å². The molecule has 0 unspecified atom stereocenters. The Morgan fingerprint density at radius 1 is 1.04 bits per heavy atom. The molecule has 2 aliphatic rings. The van der Waals surface area contributed by atoms with Crippen LogP contribution in [-0.2, 0) is 9.59 Å². The number of likely N-dealkylation sites (N-methyl/N-ethyl adjacent to an activating group) is 1. The van der Waals surface area contributed by atoms with Crippen LogP contribution in [0.5, 0.6) is 5.75 Å². The smallest absolute Gasteiger partial charge is 0.299 e. The highest BCUT2D eigenvalue weighted by Gasteiger charge is 2.36. The lowest BCUT2D eigenvalue weighted by Gasteiger charge is -2.28. The summed E-state index contributed by atoms with van der Waals surface area (Å²) in [5, 5.41) is 0. The topological polar surface area (TPSA) is 84.0 Å². The van der Waals surface area contributed by atoms with Crippen molar-refractivity contribution in [2.45, 2.75) is 6.92 Å². The molecule has 0 spiro atoms. The van der Waals surface area contributed by atoms with E-state index in [1.807, 2.05) is 6.92 Å². The molecule has 0 atom stereocenters. The Kier molecular flexibility index (Phi) is 3.99. The predicted molar refractivity (Wildman–Crippen MR) is 97.4 cm³/mol. The maximum absolute atomic E-state index is 12.8. The number of amides is 2. The van der Waals surface area contributed by atoms with Gasteiger partial charge in [0.2, 0.25) is 0 Å². The molecule has 0 bridgehead atoms. The van der Waals surface area contributed by atoms with E-state index in [1.54, 1.807) is 47.4 Å². The first-order chi connectivity index (χ1) is 13.0. The zero-order chi connectivity index (χ0) is 19.1. The number of rotatable bonds is 4. The summed E-state index contributed by atoms with van der Waals surface area (Å²) in [6, 6.07) is 11.4. The van der Waals surface area contributed by atoms with Gasteiger partial charge in [-0.25, -0.2) is 0 Å². The van der Waals surface area contributed by atoms with E-state index in [0.717, 1.165) is 0 Å². The van der Waals surface area contributed by atoms with Crippen molar-refractivity contribution in [3.05, 3.63) is 53.6 Å². The molecule has 27 heavy (non-hydrogen) atoms. The van der Waals surface area contributed by atoms with Crippen molar-refractivity contribution in [2.24, 2.45) is 0 Å². The molecule has 2 amide bonds. The largest absolute Gasteiger partial charge is 0.482 e. The van der Waals surface area contributed by atoms with Gasteiger partial charge in [-0.1, -0.05) is 12.1 Å². The number of Topliss-reactive ketones (excluding diaryl/α,β-unsaturated/α-hetero) is 2. The number of hydrogen-bond acceptors (Lipinski definition) is 5. The number of anilines is 2. The average Bonchev–Trinajstić information content (AvgIpc) is 2.92. The number of hydrogen-bond donors (Lipinski definition) is 0. The minimum absolute atomic E-state index is 0.0324. The first-order valence-electron chi connectivity index (χ1n) is 8.57. The Morgan fingerprint density at radius 3 is 2.59 bits per heavy atom. The van der Waals surface area contributed by atoms with Gasteiger partial charge in [0, 0.05) is 12.1 Å². The van der Waals surface area contributed by atoms with Crippen LogP contribution in [0.2, 0.25) is 0 Å². The Hall–Kier alpha value is -3.48. The van der Waals surface area contributed by atoms with Crippen molar-refractivity contribution < 1.29 is 23.9 Å². The second kappa shape index (κ2) is 6.35. The molecular weight excluding hydrogens is 348 g/mol. The maximum atomic E-state index is 12.8. The van der Waals surface area contributed by atoms with Crippen LogP contribution in [0.3, 0.4) is 0 Å². The molecule has 0 aromatic heterocycles. The van der Waals surface area contributed by atoms with E-state index < -0.39 is 11.7 Å². The van der Waals surface area contributed by atoms with Gasteiger partial charge in [0.25, 0.3) is 17.6 Å². The summed E-state index contributed by atoms with van der Waals surface area (Å²) in [4.78, 5) is 51.8. The molecule has 0 fully saturated rings. The number of nitrogens with zero attached hydrogens (tertiary/aromatic N) is 2. The number of fused-ring (bicyclic) bond motifs is 2. The van der Waals surface area contributed by atoms with Crippen LogP contribution in [-0.4, -0.2) is 43.1 Å². The number of carbonyl (C=O) groups excluding carboxylic acids is 4. The summed E-state index contributed by atoms with van der Waals surface area (Å²) < 4.78 is 5.40. The molecule has 4 rings (SSSR count). The van der Waals surface area contributed by atoms with Crippen LogP contribution in [0.1, 0.15) is 27.6 Å². The minimum atomic E-state index is -0.712. The maximum Gasteiger partial charge on any atom is 0.299 e. The summed E-state index contributed by atoms with van der Waals surface area (Å²) in [6.45, 7) is 2.02. The number of para-hydroxylation sites is 1. The van der Waals surface area contributed by atoms with Crippen molar-refractivity contribution in [1.82, 2.24) is 0 Å². The van der Waals surface area contributed by atoms with Crippen LogP contribution >= 0.6 is 0 Å². The first kappa shape index (κ1) is 17.0. The lowest BCUT2D eigenvalue weighted by atomic mass is 10.1. The molecule has 2 heterocycles. The molecule has 7 heteroatoms. The summed E-state index contributed by atoms with van der Waals surface area (Å²) in [5.74, 6) is -1.30. The van der Waals surface area contributed by atoms with Crippen molar-refractivity contribution in [1.29, 1.82) is 0 Å². The second-order valence-corrected chi connectivity index (χ2v) is 6.27. The lowest BCUT2D eigenvalue weighted by Crippen LogP contribution is -2.39. The quantitative estimate of drug-likeness (QED) is 0.611. The van der Waals surface area contributed by atoms with E-state index >= 15 is 0 Å². The highest BCUT2D eigenvalue weighted by atomic mass is 16.5. The molecule has 2 aromatic carbocycles. The summed E-state index contributed by atoms with van der Waals surface area (Å²) in [5.41, 5.74) is 1.61. The molecule has 0 saturated carbocycles. The van der Waals surface area contributed by atoms with E-state index in [4.69, 9.17) is 4.74 Å². The Bertz CT molecular complexity index is 998. The molecule has 0 saturated heterocycles. The lowest BCUT2D eigenvalue weighted by molar-refractivity contribution is -0.121. The van der Waals surface area contributed by atoms with Crippen molar-refractivity contribution in [3.8, 4) is 5.75 Å². The van der Waals surface area contributed by atoms with Gasteiger partial charge in [0.05, 0.1) is 23.5 Å². The van der Waals surface area contributed by atoms with Crippen LogP contribution < -0.4 is 14.5 Å². The Morgan fingerprint density at radius 2 is 1.81 bits per heavy atom. The van der Waals surface area contributed by atoms with Gasteiger partial charge in [-0.3, -0.25) is 24.1 Å². The van der Waals surface area contributed by atoms with Gasteiger partial charge >= 0.3 is 0 Å². The van der Waals surface area contributed by atoms with Crippen molar-refractivity contribution in [2.75, 3.05) is 29.5 Å². The van der Waals surface area contributed by atoms with Gasteiger partial charge in [0.15, 0.2) is 12.4 Å². The summed E-state index contributed by atoms with van der Waals surface area (Å²) in [7, 11) is 0. The van der Waals surface area contributed by atoms with E-state index in [0.29, 0.717) is 34.8 Å². The molecule has 0 radical (unpaired) electrons. The fraction of sp³-hybridized carbons (Fsp3) is 0.200. The molecule has 0 N–H and O–H groups in total. The standard InChI is InChI=1S/C20H16N2O5/c1-2-21-15-9-12(7-8-17(15)27-11-18(21)24)16(23)10-22-14-6-4-3-5-13(14)19(25)20(22)26/h3-9H,2,10-11H2,1H3. The van der Waals surface area contributed by atoms with E-state index in [-0.39, 0.29) is 24.8 Å². The highest BCUT2D eigenvalue weighted by Crippen LogP contribution is 2.33. The van der Waals surface area contributed by atoms with Crippen LogP contribution in [0.15, 0.2) is 42.5 Å². The monoisotopic (exact) mass is 364 g/mol. The van der Waals surface area contributed by atoms with Gasteiger partial charge in [-0.15, -0.1) is 0 Å². The number of ketones is 2. The van der Waals surface area contributed by atoms with Gasteiger partial charge in [0.1, 0.15) is 5.75 Å². The predicted octanol–water partition coefficient (Wildman–Crippen LogP) is 1.84. The number of ether oxygens (including phenoxy) is 1. The third-order valence-electron chi connectivity index (χ3n) is 4.72. The van der Waals surface area contributed by atoms with Gasteiger partial charge < -0.3 is 9.64 Å². The van der Waals surface area contributed by atoms with E-state index in [2.05, 4.69) is 0 Å². The summed E-state index contributed by atoms with van der Waals surface area (Å²) in [6.07, 6.45) is 0. The highest BCUT2D eigenvalue weighted by molar-refractivity contribution is 6.52. The van der Waals surface area contributed by atoms with Crippen LogP contribution in [0.4, 0.5) is 11.4 Å². The third kappa shape index (κ3) is 2.68. The molecular formula is C20H16N2O5. The first-order valence-corrected chi connectivity index (χ1v) is 8.57. The Balaban J connectivity index is 1.63. The molecule has 7 nitrogen and oxygen atoms in total. The number of benzene rings is 2. The van der Waals surface area contributed by atoms with Crippen molar-refractivity contribution >= 4 is 34.8 Å². The summed E-state index contributed by atoms with van der Waals surface area (Å²) >= 11 is 0. The van der Waals surface area contributed by atoms with E-state index in [9.17, 15) is 19.2 Å². The second-order valence-electron chi connectivity index (χ2n) is 6.27. The van der Waals surface area contributed by atoms with E-state index in [1.165, 1.54) is 4.90 Å². The zero-order valence-electron chi connectivity index (χ0n) is 14.6. The van der Waals surface area contributed by atoms with Crippen LogP contribution in [0.25, 0.3) is 0 Å². The Labute approximate surface area is 155 Å². The fourth-order valence-electron chi connectivity index (χ4n) is 3.36.